The first-order valence-electron chi connectivity index (χ1n) is 52.9. The molecule has 150 heavy (non-hydrogen) atoms. The van der Waals surface area contributed by atoms with Gasteiger partial charge in [-0.15, -0.1) is 0 Å². The van der Waals surface area contributed by atoms with Gasteiger partial charge in [0.25, 0.3) is 0 Å². The van der Waals surface area contributed by atoms with Crippen LogP contribution in [0.4, 0.5) is 0 Å². The zero-order valence-electron chi connectivity index (χ0n) is 82.6. The summed E-state index contributed by atoms with van der Waals surface area (Å²) in [7, 11) is 0. The Balaban J connectivity index is 0.000000104. The van der Waals surface area contributed by atoms with E-state index in [1.54, 1.807) is 0 Å². The first kappa shape index (κ1) is 86.7. The van der Waals surface area contributed by atoms with Crippen LogP contribution >= 0.6 is 0 Å². The molecule has 6 aliphatic carbocycles. The normalized spacial score (nSPS) is 15.0. The minimum absolute atomic E-state index is 0.115. The summed E-state index contributed by atoms with van der Waals surface area (Å²) in [4.78, 5) is 0. The number of hydrogen-bond donors (Lipinski definition) is 0. The average Bonchev–Trinajstić information content (AvgIpc) is 1.52. The molecule has 26 aromatic carbocycles. The van der Waals surface area contributed by atoms with Crippen LogP contribution in [0.15, 0.2) is 552 Å². The Morgan fingerprint density at radius 1 is 0.127 bits per heavy atom. The van der Waals surface area contributed by atoms with Gasteiger partial charge < -0.3 is 0 Å². The molecule has 0 heterocycles. The Kier molecular flexibility index (Phi) is 20.6. The van der Waals surface area contributed by atoms with Crippen molar-refractivity contribution < 1.29 is 0 Å². The van der Waals surface area contributed by atoms with E-state index >= 15 is 0 Å². The van der Waals surface area contributed by atoms with Crippen LogP contribution in [0.3, 0.4) is 0 Å². The van der Waals surface area contributed by atoms with Crippen LogP contribution in [0.5, 0.6) is 0 Å². The molecule has 0 aliphatic heterocycles. The van der Waals surface area contributed by atoms with E-state index in [9.17, 15) is 0 Å². The van der Waals surface area contributed by atoms with Gasteiger partial charge in [0.15, 0.2) is 0 Å². The summed E-state index contributed by atoms with van der Waals surface area (Å²) in [5, 5.41) is 15.7. The van der Waals surface area contributed by atoms with Gasteiger partial charge in [0.05, 0.1) is 0 Å². The summed E-state index contributed by atoms with van der Waals surface area (Å²) >= 11 is 0. The third-order valence-corrected chi connectivity index (χ3v) is 33.6. The number of hydrogen-bond acceptors (Lipinski definition) is 0. The van der Waals surface area contributed by atoms with Gasteiger partial charge in [0.1, 0.15) is 0 Å². The van der Waals surface area contributed by atoms with E-state index in [0.717, 1.165) is 6.42 Å². The van der Waals surface area contributed by atoms with Crippen LogP contribution in [0.1, 0.15) is 124 Å². The van der Waals surface area contributed by atoms with Crippen LogP contribution in [-0.2, 0) is 6.42 Å². The molecular weight excluding hydrogens is 1800 g/mol. The molecule has 0 radical (unpaired) electrons. The molecule has 0 bridgehead atoms. The minimum Gasteiger partial charge on any atom is -0.0622 e. The maximum atomic E-state index is 2.49. The van der Waals surface area contributed by atoms with Crippen molar-refractivity contribution in [3.63, 3.8) is 0 Å². The van der Waals surface area contributed by atoms with Crippen molar-refractivity contribution in [3.05, 3.63) is 647 Å². The van der Waals surface area contributed by atoms with Crippen LogP contribution in [0.25, 0.3) is 198 Å². The quantitative estimate of drug-likeness (QED) is 0.121. The van der Waals surface area contributed by atoms with Crippen molar-refractivity contribution in [2.45, 2.75) is 36.0 Å². The van der Waals surface area contributed by atoms with Crippen molar-refractivity contribution >= 4 is 64.6 Å². The van der Waals surface area contributed by atoms with E-state index < -0.39 is 0 Å². The van der Waals surface area contributed by atoms with Crippen LogP contribution in [0.2, 0.25) is 0 Å². The van der Waals surface area contributed by atoms with Gasteiger partial charge in [-0.05, 0) is 336 Å². The van der Waals surface area contributed by atoms with Gasteiger partial charge >= 0.3 is 0 Å². The SMILES string of the molecule is c1ccc(-c2cc(-c3ccc(C4c5ccccc5-c5c4c4c(c6ccccc56)-c5ccccc5C4c4ccccc4)cc3)cc3ccccc23)cc1.c1ccc(-c2cc3ccccc3cc2-c2ccc(C3c4ccccc4-c4c3c3c(c5ccccc45)-c4ccccc4C3c3ccccc3)cc2)cc1.c1ccc(-c2ccc3c(c2)C(c2cc(-c4ccccc4)c4ccccc4c2)c2c4c(c5ccccc5c2-3)-c2ccccc2C4)cc1. The molecule has 0 fully saturated rings. The van der Waals surface area contributed by atoms with Crippen molar-refractivity contribution in [2.24, 2.45) is 0 Å². The summed E-state index contributed by atoms with van der Waals surface area (Å²) in [5.74, 6) is 0.678. The second-order valence-corrected chi connectivity index (χ2v) is 41.4. The second-order valence-electron chi connectivity index (χ2n) is 41.4. The highest BCUT2D eigenvalue weighted by Crippen LogP contribution is 2.66. The Hall–Kier alpha value is -18.7. The molecule has 0 amide bonds. The van der Waals surface area contributed by atoms with E-state index in [4.69, 9.17) is 0 Å². The van der Waals surface area contributed by atoms with E-state index in [2.05, 4.69) is 552 Å². The molecule has 0 heteroatoms. The Morgan fingerprint density at radius 3 is 0.833 bits per heavy atom. The molecule has 0 saturated carbocycles. The van der Waals surface area contributed by atoms with Crippen molar-refractivity contribution in [2.75, 3.05) is 0 Å². The average molecular weight is 1900 g/mol. The van der Waals surface area contributed by atoms with Crippen molar-refractivity contribution in [3.8, 4) is 134 Å². The molecule has 5 unspecified atom stereocenters. The summed E-state index contributed by atoms with van der Waals surface area (Å²) in [6, 6.07) is 205. The van der Waals surface area contributed by atoms with Crippen molar-refractivity contribution in [1.82, 2.24) is 0 Å². The van der Waals surface area contributed by atoms with E-state index in [1.165, 1.54) is 293 Å². The lowest BCUT2D eigenvalue weighted by Gasteiger charge is -2.24. The number of benzene rings is 26. The van der Waals surface area contributed by atoms with Crippen molar-refractivity contribution in [1.29, 1.82) is 0 Å². The summed E-state index contributed by atoms with van der Waals surface area (Å²) in [5.41, 5.74) is 55.6. The lowest BCUT2D eigenvalue weighted by molar-refractivity contribution is 0.940. The number of fused-ring (bicyclic) bond motifs is 33. The second kappa shape index (κ2) is 35.6. The smallest absolute Gasteiger partial charge is 0.0356 e. The fraction of sp³-hybridized carbons (Fsp3) is 0.0400. The number of rotatable bonds is 11. The Morgan fingerprint density at radius 2 is 0.407 bits per heavy atom. The predicted octanol–water partition coefficient (Wildman–Crippen LogP) is 39.4. The van der Waals surface area contributed by atoms with Gasteiger partial charge in [-0.3, -0.25) is 0 Å². The van der Waals surface area contributed by atoms with E-state index in [1.807, 2.05) is 0 Å². The van der Waals surface area contributed by atoms with Gasteiger partial charge in [-0.2, -0.15) is 0 Å². The van der Waals surface area contributed by atoms with Gasteiger partial charge in [-0.25, -0.2) is 0 Å². The Labute approximate surface area is 874 Å². The first-order chi connectivity index (χ1) is 74.5. The monoisotopic (exact) mass is 1900 g/mol. The van der Waals surface area contributed by atoms with E-state index in [-0.39, 0.29) is 29.6 Å². The largest absolute Gasteiger partial charge is 0.0622 e. The minimum atomic E-state index is 0.115. The van der Waals surface area contributed by atoms with Gasteiger partial charge in [-0.1, -0.05) is 516 Å². The lowest BCUT2D eigenvalue weighted by atomic mass is 9.78. The first-order valence-corrected chi connectivity index (χ1v) is 52.9. The third-order valence-electron chi connectivity index (χ3n) is 33.6. The molecule has 26 aromatic rings. The van der Waals surface area contributed by atoms with E-state index in [0.29, 0.717) is 0 Å². The van der Waals surface area contributed by atoms with Crippen LogP contribution in [-0.4, -0.2) is 0 Å². The van der Waals surface area contributed by atoms with Crippen LogP contribution < -0.4 is 0 Å². The molecular formula is C150H98. The molecule has 698 valence electrons. The highest BCUT2D eigenvalue weighted by atomic mass is 14.5. The van der Waals surface area contributed by atoms with Crippen LogP contribution in [0, 0.1) is 0 Å². The molecule has 0 spiro atoms. The fourth-order valence-electron chi connectivity index (χ4n) is 27.3. The fourth-order valence-corrected chi connectivity index (χ4v) is 27.3. The standard InChI is InChI=1S/2C52H34.C46H30/c1-3-15-34(16-4-1)46-32-38(31-37-19-7-8-20-39(37)46)33-27-29-36(30-28-33)48-41-22-10-12-24-43(41)50-45-26-14-13-25-44(45)49-42-23-11-9-21-40(42)47(51(49)52(48)50)35-17-5-2-6-18-35;1-3-15-33(16-4-1)45-31-37-19-7-8-20-38(37)32-46(45)34-27-29-36(30-28-34)48-40-22-10-12-24-42(40)50-44-26-14-13-25-43(44)49-41-23-11-9-21-39(41)47(51(49)52(48)50)35-17-5-2-6-18-35;1-3-13-29(14-4-1)31-23-24-39-41(26-31)43(34-25-32-17-7-9-19-35(32)40(28-34)30-15-5-2-6-16-30)46-42-27-33-18-8-10-20-36(33)44(42)37-21-11-12-22-38(37)45(39)46/h2*1-32,47-48H;1-26,28,43H,27H2. The highest BCUT2D eigenvalue weighted by molar-refractivity contribution is 6.17. The Bertz CT molecular complexity index is 9950. The van der Waals surface area contributed by atoms with Gasteiger partial charge in [0.2, 0.25) is 0 Å². The molecule has 32 rings (SSSR count). The summed E-state index contributed by atoms with van der Waals surface area (Å²) < 4.78 is 0. The molecule has 0 nitrogen and oxygen atoms in total. The summed E-state index contributed by atoms with van der Waals surface area (Å²) in [6.45, 7) is 0. The lowest BCUT2D eigenvalue weighted by Crippen LogP contribution is -2.08. The highest BCUT2D eigenvalue weighted by Gasteiger charge is 2.46. The molecule has 0 saturated heterocycles. The zero-order valence-corrected chi connectivity index (χ0v) is 82.6. The zero-order chi connectivity index (χ0) is 98.5. The van der Waals surface area contributed by atoms with Gasteiger partial charge in [0, 0.05) is 29.6 Å². The maximum absolute atomic E-state index is 2.49. The summed E-state index contributed by atoms with van der Waals surface area (Å²) in [6.07, 6.45) is 0.966. The molecule has 0 aromatic heterocycles. The third kappa shape index (κ3) is 13.9. The predicted molar refractivity (Wildman–Crippen MR) is 629 cm³/mol. The topological polar surface area (TPSA) is 0 Å². The molecule has 0 N–H and O–H groups in total. The maximum Gasteiger partial charge on any atom is 0.0356 e. The molecule has 6 aliphatic rings. The molecule has 5 atom stereocenters.